The van der Waals surface area contributed by atoms with Gasteiger partial charge in [-0.3, -0.25) is 5.32 Å². The Balaban J connectivity index is 1.36. The lowest BCUT2D eigenvalue weighted by molar-refractivity contribution is -0.141. The van der Waals surface area contributed by atoms with Crippen molar-refractivity contribution in [1.82, 2.24) is 19.7 Å². The number of anilines is 2. The van der Waals surface area contributed by atoms with Gasteiger partial charge in [0.1, 0.15) is 17.2 Å². The number of hydrogen-bond donors (Lipinski definition) is 2. The van der Waals surface area contributed by atoms with E-state index in [9.17, 15) is 18.0 Å². The third-order valence-corrected chi connectivity index (χ3v) is 6.66. The van der Waals surface area contributed by atoms with Gasteiger partial charge in [0.15, 0.2) is 17.2 Å². The van der Waals surface area contributed by atoms with Gasteiger partial charge in [-0.15, -0.1) is 0 Å². The molecule has 0 spiro atoms. The number of nitrogens with one attached hydrogen (secondary N) is 2. The van der Waals surface area contributed by atoms with Crippen LogP contribution in [0, 0.1) is 0 Å². The molecule has 9 nitrogen and oxygen atoms in total. The standard InChI is InChI=1S/C27H21F3N6O3S/c1-38-21-12-19-20(13-22(21)39-2)31-15-32-25(19)40-18-10-6-7-16(11-18)33-26(37)34-24-14-23(27(28,29)30)35-36(24)17-8-4-3-5-9-17/h3-15H,1-2H3,(H2,33,34,37). The zero-order valence-electron chi connectivity index (χ0n) is 21.1. The predicted octanol–water partition coefficient (Wildman–Crippen LogP) is 6.65. The number of nitrogens with zero attached hydrogens (tertiary/aromatic N) is 4. The lowest BCUT2D eigenvalue weighted by Crippen LogP contribution is -2.21. The summed E-state index contributed by atoms with van der Waals surface area (Å²) in [6.45, 7) is 0. The summed E-state index contributed by atoms with van der Waals surface area (Å²) in [5.41, 5.74) is 0.313. The summed E-state index contributed by atoms with van der Waals surface area (Å²) in [7, 11) is 3.08. The van der Waals surface area contributed by atoms with Crippen LogP contribution in [0.1, 0.15) is 5.69 Å². The normalized spacial score (nSPS) is 11.3. The van der Waals surface area contributed by atoms with Crippen LogP contribution in [0.25, 0.3) is 16.6 Å². The highest BCUT2D eigenvalue weighted by Gasteiger charge is 2.35. The quantitative estimate of drug-likeness (QED) is 0.213. The number of rotatable bonds is 7. The minimum Gasteiger partial charge on any atom is -0.493 e. The smallest absolute Gasteiger partial charge is 0.435 e. The second-order valence-corrected chi connectivity index (χ2v) is 9.33. The zero-order valence-corrected chi connectivity index (χ0v) is 21.9. The number of halogens is 3. The van der Waals surface area contributed by atoms with Crippen molar-refractivity contribution in [2.24, 2.45) is 0 Å². The molecule has 3 aromatic carbocycles. The highest BCUT2D eigenvalue weighted by atomic mass is 32.2. The van der Waals surface area contributed by atoms with Gasteiger partial charge < -0.3 is 14.8 Å². The molecule has 0 radical (unpaired) electrons. The monoisotopic (exact) mass is 566 g/mol. The molecule has 2 aromatic heterocycles. The average molecular weight is 567 g/mol. The first-order valence-electron chi connectivity index (χ1n) is 11.7. The lowest BCUT2D eigenvalue weighted by atomic mass is 10.2. The molecule has 0 aliphatic carbocycles. The van der Waals surface area contributed by atoms with E-state index in [-0.39, 0.29) is 5.82 Å². The fourth-order valence-corrected chi connectivity index (χ4v) is 4.77. The maximum Gasteiger partial charge on any atom is 0.435 e. The van der Waals surface area contributed by atoms with Crippen molar-refractivity contribution in [3.05, 3.63) is 84.8 Å². The van der Waals surface area contributed by atoms with Gasteiger partial charge in [0.25, 0.3) is 0 Å². The summed E-state index contributed by atoms with van der Waals surface area (Å²) < 4.78 is 51.8. The molecule has 0 aliphatic heterocycles. The second-order valence-electron chi connectivity index (χ2n) is 8.27. The number of fused-ring (bicyclic) bond motifs is 1. The summed E-state index contributed by atoms with van der Waals surface area (Å²) in [4.78, 5) is 22.3. The molecule has 0 aliphatic rings. The summed E-state index contributed by atoms with van der Waals surface area (Å²) in [6.07, 6.45) is -3.24. The van der Waals surface area contributed by atoms with E-state index in [1.165, 1.54) is 25.2 Å². The van der Waals surface area contributed by atoms with Crippen molar-refractivity contribution < 1.29 is 27.4 Å². The molecule has 40 heavy (non-hydrogen) atoms. The Morgan fingerprint density at radius 1 is 0.900 bits per heavy atom. The van der Waals surface area contributed by atoms with Crippen LogP contribution in [0.3, 0.4) is 0 Å². The third kappa shape index (κ3) is 5.78. The number of ether oxygens (including phenoxy) is 2. The molecule has 2 amide bonds. The first-order valence-corrected chi connectivity index (χ1v) is 12.5. The van der Waals surface area contributed by atoms with E-state index >= 15 is 0 Å². The number of amides is 2. The number of carbonyl (C=O) groups excluding carboxylic acids is 1. The lowest BCUT2D eigenvalue weighted by Gasteiger charge is -2.12. The van der Waals surface area contributed by atoms with Crippen LogP contribution in [0.2, 0.25) is 0 Å². The van der Waals surface area contributed by atoms with Crippen LogP contribution < -0.4 is 20.1 Å². The molecule has 2 heterocycles. The minimum atomic E-state index is -4.68. The van der Waals surface area contributed by atoms with Crippen molar-refractivity contribution >= 4 is 40.2 Å². The Morgan fingerprint density at radius 3 is 2.38 bits per heavy atom. The van der Waals surface area contributed by atoms with Gasteiger partial charge in [-0.1, -0.05) is 36.0 Å². The van der Waals surface area contributed by atoms with E-state index in [1.54, 1.807) is 67.8 Å². The highest BCUT2D eigenvalue weighted by Crippen LogP contribution is 2.37. The molecule has 0 fully saturated rings. The summed E-state index contributed by atoms with van der Waals surface area (Å²) in [5, 5.41) is 10.2. The molecule has 0 saturated carbocycles. The SMILES string of the molecule is COc1cc2ncnc(Sc3cccc(NC(=O)Nc4cc(C(F)(F)F)nn4-c4ccccc4)c3)c2cc1OC. The predicted molar refractivity (Wildman–Crippen MR) is 144 cm³/mol. The minimum absolute atomic E-state index is 0.140. The van der Waals surface area contributed by atoms with Crippen LogP contribution in [-0.4, -0.2) is 40.0 Å². The largest absolute Gasteiger partial charge is 0.493 e. The topological polar surface area (TPSA) is 103 Å². The molecule has 5 rings (SSSR count). The maximum atomic E-state index is 13.4. The van der Waals surface area contributed by atoms with E-state index in [0.29, 0.717) is 33.4 Å². The fraction of sp³-hybridized carbons (Fsp3) is 0.111. The first-order chi connectivity index (χ1) is 19.2. The van der Waals surface area contributed by atoms with E-state index in [0.717, 1.165) is 21.0 Å². The Kier molecular flexibility index (Phi) is 7.47. The summed E-state index contributed by atoms with van der Waals surface area (Å²) in [6, 6.07) is 18.7. The van der Waals surface area contributed by atoms with Crippen molar-refractivity contribution in [1.29, 1.82) is 0 Å². The Hall–Kier alpha value is -4.78. The second kappa shape index (κ2) is 11.1. The van der Waals surface area contributed by atoms with Crippen molar-refractivity contribution in [2.75, 3.05) is 24.9 Å². The van der Waals surface area contributed by atoms with Crippen LogP contribution in [-0.2, 0) is 6.18 Å². The Labute approximate surface area is 230 Å². The van der Waals surface area contributed by atoms with Gasteiger partial charge in [0.2, 0.25) is 0 Å². The van der Waals surface area contributed by atoms with Gasteiger partial charge in [-0.25, -0.2) is 19.4 Å². The number of para-hydroxylation sites is 1. The Morgan fingerprint density at radius 2 is 1.65 bits per heavy atom. The highest BCUT2D eigenvalue weighted by molar-refractivity contribution is 7.99. The maximum absolute atomic E-state index is 13.4. The molecule has 0 unspecified atom stereocenters. The van der Waals surface area contributed by atoms with E-state index in [4.69, 9.17) is 9.47 Å². The molecular weight excluding hydrogens is 545 g/mol. The average Bonchev–Trinajstić information content (AvgIpc) is 3.37. The number of hydrogen-bond acceptors (Lipinski definition) is 7. The number of alkyl halides is 3. The van der Waals surface area contributed by atoms with Crippen molar-refractivity contribution in [3.63, 3.8) is 0 Å². The number of urea groups is 1. The molecule has 204 valence electrons. The van der Waals surface area contributed by atoms with Crippen molar-refractivity contribution in [3.8, 4) is 17.2 Å². The zero-order chi connectivity index (χ0) is 28.3. The number of carbonyl (C=O) groups is 1. The van der Waals surface area contributed by atoms with Crippen LogP contribution in [0.4, 0.5) is 29.5 Å². The van der Waals surface area contributed by atoms with Crippen LogP contribution >= 0.6 is 11.8 Å². The number of aromatic nitrogens is 4. The van der Waals surface area contributed by atoms with E-state index < -0.39 is 17.9 Å². The van der Waals surface area contributed by atoms with Gasteiger partial charge in [0, 0.05) is 28.1 Å². The van der Waals surface area contributed by atoms with Gasteiger partial charge in [-0.05, 0) is 36.4 Å². The molecule has 5 aromatic rings. The first kappa shape index (κ1) is 26.8. The van der Waals surface area contributed by atoms with Crippen LogP contribution in [0.5, 0.6) is 11.5 Å². The molecule has 2 N–H and O–H groups in total. The van der Waals surface area contributed by atoms with E-state index in [2.05, 4.69) is 25.7 Å². The molecule has 0 saturated heterocycles. The summed E-state index contributed by atoms with van der Waals surface area (Å²) in [5.74, 6) is 0.929. The molecule has 0 bridgehead atoms. The number of benzene rings is 3. The van der Waals surface area contributed by atoms with Gasteiger partial charge in [-0.2, -0.15) is 18.3 Å². The molecule has 0 atom stereocenters. The van der Waals surface area contributed by atoms with Crippen LogP contribution in [0.15, 0.2) is 89.0 Å². The van der Waals surface area contributed by atoms with Crippen molar-refractivity contribution in [2.45, 2.75) is 16.1 Å². The van der Waals surface area contributed by atoms with E-state index in [1.807, 2.05) is 6.07 Å². The van der Waals surface area contributed by atoms with Gasteiger partial charge >= 0.3 is 12.2 Å². The van der Waals surface area contributed by atoms with Gasteiger partial charge in [0.05, 0.1) is 25.4 Å². The fourth-order valence-electron chi connectivity index (χ4n) is 3.84. The summed E-state index contributed by atoms with van der Waals surface area (Å²) >= 11 is 1.34. The molecule has 13 heteroatoms. The number of methoxy groups -OCH3 is 2. The Bertz CT molecular complexity index is 1680. The third-order valence-electron chi connectivity index (χ3n) is 5.65. The molecular formula is C27H21F3N6O3S.